The molecule has 0 aliphatic rings. The van der Waals surface area contributed by atoms with E-state index >= 15 is 0 Å². The van der Waals surface area contributed by atoms with E-state index in [4.69, 9.17) is 5.73 Å². The van der Waals surface area contributed by atoms with Crippen molar-refractivity contribution in [1.82, 2.24) is 9.97 Å². The number of carbonyl (C=O) groups is 1. The van der Waals surface area contributed by atoms with E-state index in [1.54, 1.807) is 12.3 Å². The van der Waals surface area contributed by atoms with Crippen LogP contribution in [0.25, 0.3) is 10.9 Å². The topological polar surface area (TPSA) is 80.9 Å². The van der Waals surface area contributed by atoms with Crippen LogP contribution < -0.4 is 11.1 Å². The number of anilines is 2. The lowest BCUT2D eigenvalue weighted by Gasteiger charge is -2.04. The van der Waals surface area contributed by atoms with Gasteiger partial charge in [-0.1, -0.05) is 6.07 Å². The van der Waals surface area contributed by atoms with Crippen molar-refractivity contribution in [1.29, 1.82) is 0 Å². The third-order valence-electron chi connectivity index (χ3n) is 2.79. The van der Waals surface area contributed by atoms with Gasteiger partial charge >= 0.3 is 0 Å². The molecule has 2 heterocycles. The molecule has 0 saturated carbocycles. The average Bonchev–Trinajstić information content (AvgIpc) is 2.91. The van der Waals surface area contributed by atoms with Crippen molar-refractivity contribution in [3.05, 3.63) is 47.6 Å². The number of nitrogens with one attached hydrogen (secondary N) is 1. The maximum Gasteiger partial charge on any atom is 0.232 e. The van der Waals surface area contributed by atoms with Crippen molar-refractivity contribution in [2.45, 2.75) is 6.42 Å². The highest BCUT2D eigenvalue weighted by Gasteiger charge is 2.07. The molecule has 6 heteroatoms. The fraction of sp³-hybridized carbons (Fsp3) is 0.0714. The standard InChI is InChI=1S/C14H12N4OS/c15-10-2-4-12-9(7-10)1-3-11(17-12)8-13(19)18-14-16-5-6-20-14/h1-7H,8,15H2,(H,16,18,19). The summed E-state index contributed by atoms with van der Waals surface area (Å²) in [6, 6.07) is 9.28. The minimum atomic E-state index is -0.123. The first-order valence-corrected chi connectivity index (χ1v) is 6.93. The second-order valence-electron chi connectivity index (χ2n) is 4.32. The zero-order valence-electron chi connectivity index (χ0n) is 10.5. The van der Waals surface area contributed by atoms with Crippen LogP contribution in [0.2, 0.25) is 0 Å². The Bertz CT molecular complexity index is 755. The molecule has 20 heavy (non-hydrogen) atoms. The maximum atomic E-state index is 11.9. The van der Waals surface area contributed by atoms with E-state index in [-0.39, 0.29) is 12.3 Å². The number of benzene rings is 1. The summed E-state index contributed by atoms with van der Waals surface area (Å²) in [7, 11) is 0. The van der Waals surface area contributed by atoms with Crippen LogP contribution in [0.5, 0.6) is 0 Å². The molecule has 2 aromatic heterocycles. The van der Waals surface area contributed by atoms with Gasteiger partial charge < -0.3 is 11.1 Å². The van der Waals surface area contributed by atoms with Gasteiger partial charge in [0.05, 0.1) is 17.6 Å². The molecule has 3 N–H and O–H groups in total. The molecule has 0 fully saturated rings. The van der Waals surface area contributed by atoms with Crippen LogP contribution in [-0.2, 0) is 11.2 Å². The van der Waals surface area contributed by atoms with Crippen molar-refractivity contribution < 1.29 is 4.79 Å². The summed E-state index contributed by atoms with van der Waals surface area (Å²) in [5, 5.41) is 6.12. The van der Waals surface area contributed by atoms with Gasteiger partial charge in [0.1, 0.15) is 0 Å². The fourth-order valence-electron chi connectivity index (χ4n) is 1.90. The second kappa shape index (κ2) is 5.26. The summed E-state index contributed by atoms with van der Waals surface area (Å²) in [6.45, 7) is 0. The Labute approximate surface area is 119 Å². The third-order valence-corrected chi connectivity index (χ3v) is 3.48. The van der Waals surface area contributed by atoms with Crippen LogP contribution in [0.15, 0.2) is 41.9 Å². The molecular formula is C14H12N4OS. The lowest BCUT2D eigenvalue weighted by atomic mass is 10.1. The van der Waals surface area contributed by atoms with Crippen LogP contribution in [0, 0.1) is 0 Å². The monoisotopic (exact) mass is 284 g/mol. The van der Waals surface area contributed by atoms with Gasteiger partial charge in [0.2, 0.25) is 5.91 Å². The number of pyridine rings is 1. The summed E-state index contributed by atoms with van der Waals surface area (Å²) in [5.41, 5.74) is 7.97. The van der Waals surface area contributed by atoms with Crippen LogP contribution in [0.3, 0.4) is 0 Å². The number of nitrogens with two attached hydrogens (primary N) is 1. The van der Waals surface area contributed by atoms with E-state index in [9.17, 15) is 4.79 Å². The Kier molecular flexibility index (Phi) is 3.30. The predicted octanol–water partition coefficient (Wildman–Crippen LogP) is 2.45. The summed E-state index contributed by atoms with van der Waals surface area (Å²) in [6.07, 6.45) is 1.87. The Hall–Kier alpha value is -2.47. The van der Waals surface area contributed by atoms with Crippen LogP contribution in [-0.4, -0.2) is 15.9 Å². The zero-order valence-corrected chi connectivity index (χ0v) is 11.4. The van der Waals surface area contributed by atoms with E-state index in [2.05, 4.69) is 15.3 Å². The van der Waals surface area contributed by atoms with Crippen molar-refractivity contribution in [3.63, 3.8) is 0 Å². The normalized spacial score (nSPS) is 10.6. The number of amides is 1. The molecule has 5 nitrogen and oxygen atoms in total. The quantitative estimate of drug-likeness (QED) is 0.724. The number of fused-ring (bicyclic) bond motifs is 1. The number of nitrogen functional groups attached to an aromatic ring is 1. The van der Waals surface area contributed by atoms with Crippen LogP contribution in [0.4, 0.5) is 10.8 Å². The molecular weight excluding hydrogens is 272 g/mol. The Morgan fingerprint density at radius 3 is 3.00 bits per heavy atom. The largest absolute Gasteiger partial charge is 0.399 e. The molecule has 0 aliphatic heterocycles. The first kappa shape index (κ1) is 12.6. The van der Waals surface area contributed by atoms with Crippen LogP contribution in [0.1, 0.15) is 5.69 Å². The van der Waals surface area contributed by atoms with Crippen molar-refractivity contribution >= 4 is 39.0 Å². The Morgan fingerprint density at radius 1 is 1.30 bits per heavy atom. The van der Waals surface area contributed by atoms with Gasteiger partial charge in [-0.15, -0.1) is 11.3 Å². The lowest BCUT2D eigenvalue weighted by molar-refractivity contribution is -0.115. The molecule has 0 aliphatic carbocycles. The highest BCUT2D eigenvalue weighted by atomic mass is 32.1. The van der Waals surface area contributed by atoms with Crippen molar-refractivity contribution in [2.24, 2.45) is 0 Å². The minimum Gasteiger partial charge on any atom is -0.399 e. The molecule has 0 atom stereocenters. The summed E-state index contributed by atoms with van der Waals surface area (Å²) in [4.78, 5) is 20.3. The first-order chi connectivity index (χ1) is 9.70. The second-order valence-corrected chi connectivity index (χ2v) is 5.21. The highest BCUT2D eigenvalue weighted by molar-refractivity contribution is 7.13. The van der Waals surface area contributed by atoms with Gasteiger partial charge in [0, 0.05) is 22.7 Å². The van der Waals surface area contributed by atoms with E-state index < -0.39 is 0 Å². The van der Waals surface area contributed by atoms with Gasteiger partial charge in [0.15, 0.2) is 5.13 Å². The van der Waals surface area contributed by atoms with Crippen molar-refractivity contribution in [3.8, 4) is 0 Å². The Balaban J connectivity index is 1.77. The SMILES string of the molecule is Nc1ccc2nc(CC(=O)Nc3nccs3)ccc2c1. The molecule has 1 amide bonds. The smallest absolute Gasteiger partial charge is 0.232 e. The molecule has 1 aromatic carbocycles. The van der Waals surface area contributed by atoms with E-state index in [1.165, 1.54) is 11.3 Å². The highest BCUT2D eigenvalue weighted by Crippen LogP contribution is 2.17. The number of thiazole rings is 1. The van der Waals surface area contributed by atoms with E-state index in [1.807, 2.05) is 29.6 Å². The average molecular weight is 284 g/mol. The van der Waals surface area contributed by atoms with Gasteiger partial charge in [-0.05, 0) is 24.3 Å². The number of aromatic nitrogens is 2. The van der Waals surface area contributed by atoms with Gasteiger partial charge in [-0.3, -0.25) is 9.78 Å². The lowest BCUT2D eigenvalue weighted by Crippen LogP contribution is -2.14. The van der Waals surface area contributed by atoms with Gasteiger partial charge in [-0.2, -0.15) is 0 Å². The zero-order chi connectivity index (χ0) is 13.9. The minimum absolute atomic E-state index is 0.123. The first-order valence-electron chi connectivity index (χ1n) is 6.05. The number of hydrogen-bond donors (Lipinski definition) is 2. The van der Waals surface area contributed by atoms with E-state index in [0.717, 1.165) is 16.6 Å². The summed E-state index contributed by atoms with van der Waals surface area (Å²) in [5.74, 6) is -0.123. The number of nitrogens with zero attached hydrogens (tertiary/aromatic N) is 2. The summed E-state index contributed by atoms with van der Waals surface area (Å²) >= 11 is 1.39. The van der Waals surface area contributed by atoms with Gasteiger partial charge in [0.25, 0.3) is 0 Å². The van der Waals surface area contributed by atoms with E-state index in [0.29, 0.717) is 10.8 Å². The third kappa shape index (κ3) is 2.75. The molecule has 0 unspecified atom stereocenters. The molecule has 0 spiro atoms. The maximum absolute atomic E-state index is 11.9. The fourth-order valence-corrected chi connectivity index (χ4v) is 2.44. The number of carbonyl (C=O) groups excluding carboxylic acids is 1. The molecule has 3 aromatic rings. The molecule has 0 radical (unpaired) electrons. The number of hydrogen-bond acceptors (Lipinski definition) is 5. The van der Waals surface area contributed by atoms with Crippen LogP contribution >= 0.6 is 11.3 Å². The predicted molar refractivity (Wildman–Crippen MR) is 80.6 cm³/mol. The molecule has 100 valence electrons. The number of rotatable bonds is 3. The Morgan fingerprint density at radius 2 is 2.20 bits per heavy atom. The van der Waals surface area contributed by atoms with Gasteiger partial charge in [-0.25, -0.2) is 4.98 Å². The molecule has 0 bridgehead atoms. The van der Waals surface area contributed by atoms with Crippen molar-refractivity contribution in [2.75, 3.05) is 11.1 Å². The summed E-state index contributed by atoms with van der Waals surface area (Å²) < 4.78 is 0. The molecule has 0 saturated heterocycles. The molecule has 3 rings (SSSR count).